The van der Waals surface area contributed by atoms with Crippen molar-refractivity contribution in [3.63, 3.8) is 0 Å². The van der Waals surface area contributed by atoms with Crippen molar-refractivity contribution >= 4 is 33.9 Å². The van der Waals surface area contributed by atoms with Gasteiger partial charge in [0, 0.05) is 10.5 Å². The van der Waals surface area contributed by atoms with Crippen molar-refractivity contribution in [2.45, 2.75) is 0 Å². The third-order valence-corrected chi connectivity index (χ3v) is 2.06. The molecular formula is C10H8BrNO3. The lowest BCUT2D eigenvalue weighted by molar-refractivity contribution is -0.113. The van der Waals surface area contributed by atoms with Crippen LogP contribution in [-0.2, 0) is 4.79 Å². The maximum absolute atomic E-state index is 10.7. The summed E-state index contributed by atoms with van der Waals surface area (Å²) in [5.41, 5.74) is 5.67. The van der Waals surface area contributed by atoms with Gasteiger partial charge in [-0.15, -0.1) is 0 Å². The molecule has 78 valence electrons. The molecule has 0 aliphatic carbocycles. The number of benzene rings is 1. The van der Waals surface area contributed by atoms with Gasteiger partial charge in [-0.3, -0.25) is 4.79 Å². The summed E-state index contributed by atoms with van der Waals surface area (Å²) in [6.45, 7) is 0. The normalized spacial score (nSPS) is 10.5. The molecule has 0 atom stereocenters. The van der Waals surface area contributed by atoms with Gasteiger partial charge < -0.3 is 10.8 Å². The van der Waals surface area contributed by atoms with Crippen LogP contribution >= 0.6 is 15.9 Å². The molecule has 1 rings (SSSR count). The van der Waals surface area contributed by atoms with E-state index in [0.29, 0.717) is 10.0 Å². The van der Waals surface area contributed by atoms with Crippen LogP contribution in [0.5, 0.6) is 0 Å². The van der Waals surface area contributed by atoms with E-state index in [1.54, 1.807) is 6.07 Å². The minimum atomic E-state index is -1.02. The Labute approximate surface area is 94.5 Å². The molecule has 0 bridgehead atoms. The Morgan fingerprint density at radius 2 is 2.00 bits per heavy atom. The first-order chi connectivity index (χ1) is 6.99. The zero-order chi connectivity index (χ0) is 11.4. The summed E-state index contributed by atoms with van der Waals surface area (Å²) < 4.78 is 0.631. The number of hydrogen-bond donors (Lipinski definition) is 2. The van der Waals surface area contributed by atoms with Crippen molar-refractivity contribution in [3.05, 3.63) is 39.9 Å². The van der Waals surface area contributed by atoms with Gasteiger partial charge >= 0.3 is 5.97 Å². The molecule has 0 saturated heterocycles. The Hall–Kier alpha value is -1.62. The predicted molar refractivity (Wildman–Crippen MR) is 59.3 cm³/mol. The molecule has 5 heteroatoms. The van der Waals surface area contributed by atoms with Crippen LogP contribution in [0.25, 0.3) is 6.08 Å². The molecule has 0 unspecified atom stereocenters. The molecule has 0 aliphatic heterocycles. The minimum absolute atomic E-state index is 0.147. The summed E-state index contributed by atoms with van der Waals surface area (Å²) in [6, 6.07) is 4.61. The molecule has 4 nitrogen and oxygen atoms in total. The summed E-state index contributed by atoms with van der Waals surface area (Å²) in [5.74, 6) is -1.60. The zero-order valence-corrected chi connectivity index (χ0v) is 9.19. The van der Waals surface area contributed by atoms with Crippen LogP contribution in [0.4, 0.5) is 0 Å². The molecule has 0 heterocycles. The van der Waals surface area contributed by atoms with Crippen molar-refractivity contribution < 1.29 is 14.7 Å². The molecule has 1 aromatic carbocycles. The van der Waals surface area contributed by atoms with E-state index < -0.39 is 11.9 Å². The van der Waals surface area contributed by atoms with Crippen LogP contribution in [0.2, 0.25) is 0 Å². The van der Waals surface area contributed by atoms with Crippen LogP contribution in [0.15, 0.2) is 28.7 Å². The Balaban J connectivity index is 3.09. The highest BCUT2D eigenvalue weighted by Gasteiger charge is 2.04. The lowest BCUT2D eigenvalue weighted by Gasteiger charge is -1.99. The Kier molecular flexibility index (Phi) is 3.62. The highest BCUT2D eigenvalue weighted by molar-refractivity contribution is 9.10. The number of amides is 1. The van der Waals surface area contributed by atoms with E-state index in [-0.39, 0.29) is 5.56 Å². The Morgan fingerprint density at radius 1 is 1.33 bits per heavy atom. The number of rotatable bonds is 3. The molecular weight excluding hydrogens is 262 g/mol. The third-order valence-electron chi connectivity index (χ3n) is 1.61. The summed E-state index contributed by atoms with van der Waals surface area (Å²) in [5, 5.41) is 8.77. The van der Waals surface area contributed by atoms with E-state index in [1.807, 2.05) is 0 Å². The SMILES string of the molecule is NC(=O)C=Cc1cc(Br)cc(C(=O)O)c1. The summed E-state index contributed by atoms with van der Waals surface area (Å²) >= 11 is 3.17. The first-order valence-corrected chi connectivity index (χ1v) is 4.80. The summed E-state index contributed by atoms with van der Waals surface area (Å²) in [7, 11) is 0. The summed E-state index contributed by atoms with van der Waals surface area (Å²) in [6.07, 6.45) is 2.63. The first kappa shape index (κ1) is 11.5. The van der Waals surface area contributed by atoms with Crippen molar-refractivity contribution in [2.24, 2.45) is 5.73 Å². The number of halogens is 1. The van der Waals surface area contributed by atoms with E-state index in [1.165, 1.54) is 24.3 Å². The Bertz CT molecular complexity index is 440. The van der Waals surface area contributed by atoms with Gasteiger partial charge in [-0.05, 0) is 29.8 Å². The second kappa shape index (κ2) is 4.75. The smallest absolute Gasteiger partial charge is 0.335 e. The molecule has 1 aromatic rings. The number of primary amides is 1. The number of carbonyl (C=O) groups excluding carboxylic acids is 1. The van der Waals surface area contributed by atoms with E-state index in [4.69, 9.17) is 10.8 Å². The van der Waals surface area contributed by atoms with Gasteiger partial charge in [-0.25, -0.2) is 4.79 Å². The fourth-order valence-electron chi connectivity index (χ4n) is 1.01. The average molecular weight is 270 g/mol. The highest BCUT2D eigenvalue weighted by atomic mass is 79.9. The molecule has 0 aromatic heterocycles. The minimum Gasteiger partial charge on any atom is -0.478 e. The molecule has 0 fully saturated rings. The maximum Gasteiger partial charge on any atom is 0.335 e. The lowest BCUT2D eigenvalue weighted by Crippen LogP contribution is -2.05. The number of carboxylic acids is 1. The van der Waals surface area contributed by atoms with Gasteiger partial charge in [0.25, 0.3) is 0 Å². The second-order valence-electron chi connectivity index (χ2n) is 2.81. The third kappa shape index (κ3) is 3.55. The zero-order valence-electron chi connectivity index (χ0n) is 7.61. The van der Waals surface area contributed by atoms with Crippen LogP contribution in [0.3, 0.4) is 0 Å². The second-order valence-corrected chi connectivity index (χ2v) is 3.73. The van der Waals surface area contributed by atoms with E-state index in [2.05, 4.69) is 15.9 Å². The van der Waals surface area contributed by atoms with Gasteiger partial charge in [-0.2, -0.15) is 0 Å². The van der Waals surface area contributed by atoms with Crippen LogP contribution in [0, 0.1) is 0 Å². The van der Waals surface area contributed by atoms with Crippen molar-refractivity contribution in [1.29, 1.82) is 0 Å². The summed E-state index contributed by atoms with van der Waals surface area (Å²) in [4.78, 5) is 21.2. The van der Waals surface area contributed by atoms with E-state index in [0.717, 1.165) is 0 Å². The van der Waals surface area contributed by atoms with Gasteiger partial charge in [-0.1, -0.05) is 15.9 Å². The highest BCUT2D eigenvalue weighted by Crippen LogP contribution is 2.17. The number of nitrogens with two attached hydrogens (primary N) is 1. The van der Waals surface area contributed by atoms with Gasteiger partial charge in [0.2, 0.25) is 5.91 Å². The number of aromatic carboxylic acids is 1. The van der Waals surface area contributed by atoms with Gasteiger partial charge in [0.05, 0.1) is 5.56 Å². The largest absolute Gasteiger partial charge is 0.478 e. The van der Waals surface area contributed by atoms with Crippen LogP contribution in [0.1, 0.15) is 15.9 Å². The molecule has 15 heavy (non-hydrogen) atoms. The molecule has 0 aliphatic rings. The topological polar surface area (TPSA) is 80.4 Å². The van der Waals surface area contributed by atoms with E-state index in [9.17, 15) is 9.59 Å². The van der Waals surface area contributed by atoms with Crippen LogP contribution in [-0.4, -0.2) is 17.0 Å². The molecule has 3 N–H and O–H groups in total. The van der Waals surface area contributed by atoms with Crippen molar-refractivity contribution in [1.82, 2.24) is 0 Å². The molecule has 1 amide bonds. The Morgan fingerprint density at radius 3 is 2.53 bits per heavy atom. The molecule has 0 saturated carbocycles. The fraction of sp³-hybridized carbons (Fsp3) is 0. The maximum atomic E-state index is 10.7. The average Bonchev–Trinajstić information content (AvgIpc) is 2.13. The number of hydrogen-bond acceptors (Lipinski definition) is 2. The van der Waals surface area contributed by atoms with Crippen molar-refractivity contribution in [2.75, 3.05) is 0 Å². The predicted octanol–water partition coefficient (Wildman–Crippen LogP) is 1.65. The van der Waals surface area contributed by atoms with Gasteiger partial charge in [0.15, 0.2) is 0 Å². The van der Waals surface area contributed by atoms with Gasteiger partial charge in [0.1, 0.15) is 0 Å². The molecule has 0 radical (unpaired) electrons. The number of carboxylic acid groups (broad SMARTS) is 1. The van der Waals surface area contributed by atoms with E-state index >= 15 is 0 Å². The quantitative estimate of drug-likeness (QED) is 0.819. The number of carbonyl (C=O) groups is 2. The van der Waals surface area contributed by atoms with Crippen LogP contribution < -0.4 is 5.73 Å². The molecule has 0 spiro atoms. The monoisotopic (exact) mass is 269 g/mol. The van der Waals surface area contributed by atoms with Crippen molar-refractivity contribution in [3.8, 4) is 0 Å². The lowest BCUT2D eigenvalue weighted by atomic mass is 10.1. The first-order valence-electron chi connectivity index (χ1n) is 4.00. The standard InChI is InChI=1S/C10H8BrNO3/c11-8-4-6(1-2-9(12)13)3-7(5-8)10(14)15/h1-5H,(H2,12,13)(H,14,15). The fourth-order valence-corrected chi connectivity index (χ4v) is 1.52.